The highest BCUT2D eigenvalue weighted by Crippen LogP contribution is 2.30. The topological polar surface area (TPSA) is 197 Å². The monoisotopic (exact) mass is 454 g/mol. The lowest BCUT2D eigenvalue weighted by Crippen LogP contribution is -2.17. The van der Waals surface area contributed by atoms with Crippen LogP contribution in [0.4, 0.5) is 17.1 Å². The number of nitro groups is 1. The van der Waals surface area contributed by atoms with Crippen LogP contribution >= 0.6 is 0 Å². The van der Waals surface area contributed by atoms with Gasteiger partial charge in [0, 0.05) is 17.8 Å². The van der Waals surface area contributed by atoms with Crippen molar-refractivity contribution in [1.82, 2.24) is 0 Å². The van der Waals surface area contributed by atoms with Crippen LogP contribution in [0.15, 0.2) is 46.2 Å². The van der Waals surface area contributed by atoms with Gasteiger partial charge in [-0.3, -0.25) is 24.2 Å². The van der Waals surface area contributed by atoms with E-state index in [1.807, 2.05) is 0 Å². The maximum Gasteiger partial charge on any atom is 0.294 e. The molecular formula is C16H14N4O8S2. The number of amides is 1. The van der Waals surface area contributed by atoms with Crippen molar-refractivity contribution in [2.45, 2.75) is 23.1 Å². The van der Waals surface area contributed by atoms with Crippen molar-refractivity contribution in [3.8, 4) is 6.07 Å². The number of carbonyl (C=O) groups excluding carboxylic acids is 1. The molecule has 12 nitrogen and oxygen atoms in total. The zero-order chi connectivity index (χ0) is 22.7. The number of nitro benzene ring substituents is 1. The summed E-state index contributed by atoms with van der Waals surface area (Å²) >= 11 is 0. The summed E-state index contributed by atoms with van der Waals surface area (Å²) in [5.74, 6) is -0.791. The Labute approximate surface area is 171 Å². The fourth-order valence-electron chi connectivity index (χ4n) is 2.31. The van der Waals surface area contributed by atoms with E-state index in [9.17, 15) is 36.3 Å². The Morgan fingerprint density at radius 1 is 1.17 bits per heavy atom. The van der Waals surface area contributed by atoms with Crippen molar-refractivity contribution in [3.63, 3.8) is 0 Å². The molecule has 14 heteroatoms. The fraction of sp³-hybridized carbons (Fsp3) is 0.125. The van der Waals surface area contributed by atoms with E-state index >= 15 is 0 Å². The molecule has 0 spiro atoms. The number of hydrogen-bond donors (Lipinski definition) is 3. The van der Waals surface area contributed by atoms with Gasteiger partial charge in [0.2, 0.25) is 5.91 Å². The lowest BCUT2D eigenvalue weighted by atomic mass is 10.1. The van der Waals surface area contributed by atoms with Gasteiger partial charge in [-0.25, -0.2) is 8.42 Å². The van der Waals surface area contributed by atoms with Crippen LogP contribution in [0.1, 0.15) is 12.0 Å². The first-order valence-corrected chi connectivity index (χ1v) is 10.8. The van der Waals surface area contributed by atoms with Crippen LogP contribution in [0, 0.1) is 28.4 Å². The van der Waals surface area contributed by atoms with E-state index < -0.39 is 52.9 Å². The lowest BCUT2D eigenvalue weighted by Gasteiger charge is -2.16. The van der Waals surface area contributed by atoms with Crippen LogP contribution in [0.2, 0.25) is 0 Å². The van der Waals surface area contributed by atoms with Gasteiger partial charge in [-0.05, 0) is 30.7 Å². The van der Waals surface area contributed by atoms with Crippen LogP contribution < -0.4 is 10.0 Å². The molecule has 0 aliphatic rings. The van der Waals surface area contributed by atoms with E-state index in [-0.39, 0.29) is 16.9 Å². The van der Waals surface area contributed by atoms with Crippen molar-refractivity contribution >= 4 is 43.1 Å². The van der Waals surface area contributed by atoms with Crippen molar-refractivity contribution in [3.05, 3.63) is 52.1 Å². The molecule has 0 bridgehead atoms. The molecule has 0 saturated heterocycles. The Kier molecular flexibility index (Phi) is 6.41. The predicted octanol–water partition coefficient (Wildman–Crippen LogP) is 1.80. The average Bonchev–Trinajstić information content (AvgIpc) is 2.64. The molecule has 1 amide bonds. The smallest absolute Gasteiger partial charge is 0.294 e. The summed E-state index contributed by atoms with van der Waals surface area (Å²) in [6.07, 6.45) is -0.551. The number of non-ortho nitro benzene ring substituents is 1. The highest BCUT2D eigenvalue weighted by Gasteiger charge is 2.22. The predicted molar refractivity (Wildman–Crippen MR) is 104 cm³/mol. The van der Waals surface area contributed by atoms with Gasteiger partial charge in [-0.1, -0.05) is 6.07 Å². The molecule has 3 N–H and O–H groups in total. The molecule has 0 aromatic heterocycles. The summed E-state index contributed by atoms with van der Waals surface area (Å²) in [5.41, 5.74) is -0.889. The zero-order valence-electron chi connectivity index (χ0n) is 15.2. The molecular weight excluding hydrogens is 440 g/mol. The third kappa shape index (κ3) is 5.29. The summed E-state index contributed by atoms with van der Waals surface area (Å²) in [6, 6.07) is 7.45. The van der Waals surface area contributed by atoms with Gasteiger partial charge in [-0.15, -0.1) is 0 Å². The molecule has 2 aromatic carbocycles. The number of nitriles is 1. The second-order valence-corrected chi connectivity index (χ2v) is 8.97. The first kappa shape index (κ1) is 22.7. The zero-order valence-corrected chi connectivity index (χ0v) is 16.8. The quantitative estimate of drug-likeness (QED) is 0.317. The van der Waals surface area contributed by atoms with Crippen LogP contribution in [0.5, 0.6) is 0 Å². The van der Waals surface area contributed by atoms with Gasteiger partial charge in [0.15, 0.2) is 0 Å². The van der Waals surface area contributed by atoms with Crippen LogP contribution in [-0.4, -0.2) is 32.2 Å². The maximum atomic E-state index is 12.6. The Hall–Kier alpha value is -3.54. The number of carbonyl (C=O) groups is 1. The van der Waals surface area contributed by atoms with Crippen molar-refractivity contribution < 1.29 is 31.1 Å². The molecule has 158 valence electrons. The molecule has 0 aliphatic heterocycles. The standard InChI is InChI=1S/C16H14N4O8S2/c1-10-14(18-16(21)5-6-17)8-13(30(26,27)28)9-15(10)19-29(24,25)12-4-2-3-11(7-12)20(22)23/h2-4,7-9,19H,5H2,1H3,(H,18,21)(H,26,27,28). The second-order valence-electron chi connectivity index (χ2n) is 5.86. The number of nitrogens with zero attached hydrogens (tertiary/aromatic N) is 2. The van der Waals surface area contributed by atoms with Gasteiger partial charge in [0.1, 0.15) is 6.42 Å². The molecule has 2 rings (SSSR count). The SMILES string of the molecule is Cc1c(NC(=O)CC#N)cc(S(=O)(=O)O)cc1NS(=O)(=O)c1cccc([N+](=O)[O-])c1. The minimum Gasteiger partial charge on any atom is -0.325 e. The highest BCUT2D eigenvalue weighted by molar-refractivity contribution is 7.92. The van der Waals surface area contributed by atoms with Gasteiger partial charge >= 0.3 is 0 Å². The average molecular weight is 454 g/mol. The van der Waals surface area contributed by atoms with Gasteiger partial charge in [0.25, 0.3) is 25.8 Å². The van der Waals surface area contributed by atoms with Crippen molar-refractivity contribution in [2.24, 2.45) is 0 Å². The van der Waals surface area contributed by atoms with E-state index in [0.717, 1.165) is 36.4 Å². The first-order chi connectivity index (χ1) is 13.8. The summed E-state index contributed by atoms with van der Waals surface area (Å²) in [5, 5.41) is 21.7. The van der Waals surface area contributed by atoms with E-state index in [1.165, 1.54) is 6.92 Å². The summed E-state index contributed by atoms with van der Waals surface area (Å²) in [7, 11) is -9.20. The number of anilines is 2. The summed E-state index contributed by atoms with van der Waals surface area (Å²) < 4.78 is 59.8. The minimum atomic E-state index is -4.79. The molecule has 2 aromatic rings. The molecule has 0 atom stereocenters. The molecule has 0 heterocycles. The normalized spacial score (nSPS) is 11.4. The van der Waals surface area contributed by atoms with Gasteiger partial charge in [0.05, 0.1) is 26.5 Å². The number of benzene rings is 2. The largest absolute Gasteiger partial charge is 0.325 e. The fourth-order valence-corrected chi connectivity index (χ4v) is 3.99. The van der Waals surface area contributed by atoms with Crippen molar-refractivity contribution in [2.75, 3.05) is 10.0 Å². The van der Waals surface area contributed by atoms with E-state index in [1.54, 1.807) is 6.07 Å². The molecule has 0 unspecified atom stereocenters. The number of nitrogens with one attached hydrogen (secondary N) is 2. The lowest BCUT2D eigenvalue weighted by molar-refractivity contribution is -0.385. The Balaban J connectivity index is 2.57. The maximum absolute atomic E-state index is 12.6. The van der Waals surface area contributed by atoms with E-state index in [0.29, 0.717) is 0 Å². The molecule has 0 saturated carbocycles. The van der Waals surface area contributed by atoms with Crippen molar-refractivity contribution in [1.29, 1.82) is 5.26 Å². The number of hydrogen-bond acceptors (Lipinski definition) is 8. The van der Waals surface area contributed by atoms with Crippen LogP contribution in [0.25, 0.3) is 0 Å². The third-order valence-electron chi connectivity index (χ3n) is 3.78. The Morgan fingerprint density at radius 2 is 1.80 bits per heavy atom. The van der Waals surface area contributed by atoms with Gasteiger partial charge in [-0.2, -0.15) is 13.7 Å². The van der Waals surface area contributed by atoms with Crippen LogP contribution in [0.3, 0.4) is 0 Å². The molecule has 0 radical (unpaired) electrons. The molecule has 30 heavy (non-hydrogen) atoms. The summed E-state index contributed by atoms with van der Waals surface area (Å²) in [6.45, 7) is 1.35. The second kappa shape index (κ2) is 8.45. The Morgan fingerprint density at radius 3 is 2.37 bits per heavy atom. The summed E-state index contributed by atoms with van der Waals surface area (Å²) in [4.78, 5) is 20.6. The number of sulfonamides is 1. The molecule has 0 aliphatic carbocycles. The van der Waals surface area contributed by atoms with E-state index in [2.05, 4.69) is 10.0 Å². The molecule has 0 fully saturated rings. The third-order valence-corrected chi connectivity index (χ3v) is 5.97. The number of rotatable bonds is 7. The Bertz CT molecular complexity index is 1280. The first-order valence-electron chi connectivity index (χ1n) is 7.91. The van der Waals surface area contributed by atoms with Gasteiger partial charge < -0.3 is 5.32 Å². The van der Waals surface area contributed by atoms with E-state index in [4.69, 9.17) is 5.26 Å². The highest BCUT2D eigenvalue weighted by atomic mass is 32.2. The minimum absolute atomic E-state index is 0.0719. The van der Waals surface area contributed by atoms with Crippen LogP contribution in [-0.2, 0) is 24.9 Å².